The summed E-state index contributed by atoms with van der Waals surface area (Å²) in [6.07, 6.45) is 0. The summed E-state index contributed by atoms with van der Waals surface area (Å²) < 4.78 is 34.9. The molecule has 1 aromatic heterocycles. The number of benzene rings is 1. The molecular formula is C17H21F2NO2. The van der Waals surface area contributed by atoms with E-state index < -0.39 is 6.61 Å². The van der Waals surface area contributed by atoms with E-state index >= 15 is 0 Å². The Hall–Kier alpha value is -1.88. The minimum Gasteiger partial charge on any atom is -0.465 e. The van der Waals surface area contributed by atoms with Gasteiger partial charge in [0.15, 0.2) is 0 Å². The minimum absolute atomic E-state index is 0.0753. The standard InChI is InChI=1S/C17H21F2NO2/c1-10-7-14(8-11(2)16(10)22-17(18)19)9-20-13(4)15-6-5-12(3)21-15/h5-8,13,17,20H,9H2,1-4H3. The Balaban J connectivity index is 2.04. The molecule has 0 saturated carbocycles. The summed E-state index contributed by atoms with van der Waals surface area (Å²) in [5.74, 6) is 2.01. The molecule has 0 amide bonds. The summed E-state index contributed by atoms with van der Waals surface area (Å²) in [4.78, 5) is 0. The van der Waals surface area contributed by atoms with Crippen molar-refractivity contribution in [2.75, 3.05) is 0 Å². The number of alkyl halides is 2. The fourth-order valence-corrected chi connectivity index (χ4v) is 2.47. The highest BCUT2D eigenvalue weighted by atomic mass is 19.3. The number of halogens is 2. The smallest absolute Gasteiger partial charge is 0.387 e. The average molecular weight is 309 g/mol. The number of furan rings is 1. The zero-order valence-electron chi connectivity index (χ0n) is 13.2. The van der Waals surface area contributed by atoms with E-state index in [-0.39, 0.29) is 11.8 Å². The summed E-state index contributed by atoms with van der Waals surface area (Å²) in [6.45, 7) is 5.29. The number of nitrogens with one attached hydrogen (secondary N) is 1. The summed E-state index contributed by atoms with van der Waals surface area (Å²) in [6, 6.07) is 7.67. The second-order valence-electron chi connectivity index (χ2n) is 5.49. The molecule has 1 heterocycles. The molecule has 0 aliphatic heterocycles. The maximum Gasteiger partial charge on any atom is 0.387 e. The number of rotatable bonds is 6. The molecule has 1 unspecified atom stereocenters. The van der Waals surface area contributed by atoms with Crippen molar-refractivity contribution < 1.29 is 17.9 Å². The molecular weight excluding hydrogens is 288 g/mol. The molecule has 2 rings (SSSR count). The molecule has 1 aromatic carbocycles. The van der Waals surface area contributed by atoms with E-state index in [1.807, 2.05) is 38.1 Å². The van der Waals surface area contributed by atoms with Gasteiger partial charge < -0.3 is 14.5 Å². The Bertz CT molecular complexity index is 614. The van der Waals surface area contributed by atoms with Crippen molar-refractivity contribution in [3.8, 4) is 5.75 Å². The molecule has 0 radical (unpaired) electrons. The number of ether oxygens (including phenoxy) is 1. The number of aryl methyl sites for hydroxylation is 3. The van der Waals surface area contributed by atoms with Crippen LogP contribution < -0.4 is 10.1 Å². The first kappa shape index (κ1) is 16.5. The molecule has 1 N–H and O–H groups in total. The topological polar surface area (TPSA) is 34.4 Å². The third kappa shape index (κ3) is 4.07. The minimum atomic E-state index is -2.80. The normalized spacial score (nSPS) is 12.7. The lowest BCUT2D eigenvalue weighted by atomic mass is 10.1. The van der Waals surface area contributed by atoms with Crippen LogP contribution in [-0.4, -0.2) is 6.61 Å². The zero-order valence-corrected chi connectivity index (χ0v) is 13.2. The van der Waals surface area contributed by atoms with Crippen LogP contribution in [0.3, 0.4) is 0 Å². The van der Waals surface area contributed by atoms with E-state index in [2.05, 4.69) is 10.1 Å². The lowest BCUT2D eigenvalue weighted by Crippen LogP contribution is -2.18. The first-order chi connectivity index (χ1) is 10.4. The van der Waals surface area contributed by atoms with Gasteiger partial charge in [-0.1, -0.05) is 12.1 Å². The Kier molecular flexibility index (Phi) is 5.19. The monoisotopic (exact) mass is 309 g/mol. The van der Waals surface area contributed by atoms with Crippen molar-refractivity contribution in [2.45, 2.75) is 46.9 Å². The third-order valence-corrected chi connectivity index (χ3v) is 3.53. The molecule has 22 heavy (non-hydrogen) atoms. The van der Waals surface area contributed by atoms with Crippen LogP contribution in [0.15, 0.2) is 28.7 Å². The second kappa shape index (κ2) is 6.92. The summed E-state index contributed by atoms with van der Waals surface area (Å²) in [5.41, 5.74) is 2.43. The summed E-state index contributed by atoms with van der Waals surface area (Å²) in [5, 5.41) is 3.36. The molecule has 5 heteroatoms. The van der Waals surface area contributed by atoms with Crippen LogP contribution in [-0.2, 0) is 6.54 Å². The van der Waals surface area contributed by atoms with Crippen molar-refractivity contribution in [1.82, 2.24) is 5.32 Å². The van der Waals surface area contributed by atoms with Crippen LogP contribution in [0.25, 0.3) is 0 Å². The van der Waals surface area contributed by atoms with Crippen LogP contribution in [0, 0.1) is 20.8 Å². The van der Waals surface area contributed by atoms with E-state index in [1.165, 1.54) is 0 Å². The van der Waals surface area contributed by atoms with Gasteiger partial charge in [-0.15, -0.1) is 0 Å². The fourth-order valence-electron chi connectivity index (χ4n) is 2.47. The lowest BCUT2D eigenvalue weighted by Gasteiger charge is -2.15. The zero-order chi connectivity index (χ0) is 16.3. The third-order valence-electron chi connectivity index (χ3n) is 3.53. The average Bonchev–Trinajstić information content (AvgIpc) is 2.86. The molecule has 3 nitrogen and oxygen atoms in total. The Morgan fingerprint density at radius 1 is 1.14 bits per heavy atom. The maximum absolute atomic E-state index is 12.4. The Labute approximate surface area is 129 Å². The van der Waals surface area contributed by atoms with E-state index in [4.69, 9.17) is 4.42 Å². The largest absolute Gasteiger partial charge is 0.465 e. The first-order valence-corrected chi connectivity index (χ1v) is 7.21. The van der Waals surface area contributed by atoms with Crippen LogP contribution >= 0.6 is 0 Å². The van der Waals surface area contributed by atoms with Crippen molar-refractivity contribution in [2.24, 2.45) is 0 Å². The van der Waals surface area contributed by atoms with Gasteiger partial charge in [0.25, 0.3) is 0 Å². The SMILES string of the molecule is Cc1ccc(C(C)NCc2cc(C)c(OC(F)F)c(C)c2)o1. The molecule has 1 atom stereocenters. The first-order valence-electron chi connectivity index (χ1n) is 7.21. The summed E-state index contributed by atoms with van der Waals surface area (Å²) >= 11 is 0. The quantitative estimate of drug-likeness (QED) is 0.843. The predicted octanol–water partition coefficient (Wildman–Crippen LogP) is 4.66. The molecule has 0 bridgehead atoms. The van der Waals surface area contributed by atoms with Crippen molar-refractivity contribution in [3.05, 3.63) is 52.5 Å². The maximum atomic E-state index is 12.4. The van der Waals surface area contributed by atoms with Gasteiger partial charge in [0.05, 0.1) is 6.04 Å². The van der Waals surface area contributed by atoms with Gasteiger partial charge in [-0.25, -0.2) is 0 Å². The second-order valence-corrected chi connectivity index (χ2v) is 5.49. The molecule has 0 aliphatic carbocycles. The van der Waals surface area contributed by atoms with Crippen LogP contribution in [0.1, 0.15) is 41.2 Å². The van der Waals surface area contributed by atoms with Gasteiger partial charge in [-0.2, -0.15) is 8.78 Å². The van der Waals surface area contributed by atoms with Gasteiger partial charge >= 0.3 is 6.61 Å². The van der Waals surface area contributed by atoms with Gasteiger partial charge in [0.1, 0.15) is 17.3 Å². The highest BCUT2D eigenvalue weighted by Gasteiger charge is 2.13. The predicted molar refractivity (Wildman–Crippen MR) is 81.2 cm³/mol. The van der Waals surface area contributed by atoms with Gasteiger partial charge in [-0.05, 0) is 56.5 Å². The van der Waals surface area contributed by atoms with Crippen molar-refractivity contribution in [3.63, 3.8) is 0 Å². The number of hydrogen-bond acceptors (Lipinski definition) is 3. The molecule has 0 fully saturated rings. The van der Waals surface area contributed by atoms with E-state index in [0.717, 1.165) is 17.1 Å². The Morgan fingerprint density at radius 2 is 1.77 bits per heavy atom. The van der Waals surface area contributed by atoms with Crippen molar-refractivity contribution in [1.29, 1.82) is 0 Å². The van der Waals surface area contributed by atoms with Gasteiger partial charge in [-0.3, -0.25) is 0 Å². The Morgan fingerprint density at radius 3 is 2.27 bits per heavy atom. The number of hydrogen-bond donors (Lipinski definition) is 1. The fraction of sp³-hybridized carbons (Fsp3) is 0.412. The van der Waals surface area contributed by atoms with Crippen LogP contribution in [0.5, 0.6) is 5.75 Å². The molecule has 0 spiro atoms. The van der Waals surface area contributed by atoms with E-state index in [9.17, 15) is 8.78 Å². The van der Waals surface area contributed by atoms with Gasteiger partial charge in [0.2, 0.25) is 0 Å². The highest BCUT2D eigenvalue weighted by molar-refractivity contribution is 5.43. The summed E-state index contributed by atoms with van der Waals surface area (Å²) in [7, 11) is 0. The van der Waals surface area contributed by atoms with Crippen LogP contribution in [0.4, 0.5) is 8.78 Å². The lowest BCUT2D eigenvalue weighted by molar-refractivity contribution is -0.0507. The van der Waals surface area contributed by atoms with Crippen LogP contribution in [0.2, 0.25) is 0 Å². The highest BCUT2D eigenvalue weighted by Crippen LogP contribution is 2.27. The molecule has 120 valence electrons. The molecule has 0 aliphatic rings. The van der Waals surface area contributed by atoms with E-state index in [0.29, 0.717) is 17.7 Å². The molecule has 0 saturated heterocycles. The van der Waals surface area contributed by atoms with Crippen molar-refractivity contribution >= 4 is 0 Å². The van der Waals surface area contributed by atoms with E-state index in [1.54, 1.807) is 13.8 Å². The molecule has 2 aromatic rings. The van der Waals surface area contributed by atoms with Gasteiger partial charge in [0, 0.05) is 6.54 Å².